The Labute approximate surface area is 361 Å². The molecule has 9 aromatic carbocycles. The molecule has 1 spiro atoms. The lowest BCUT2D eigenvalue weighted by molar-refractivity contribution is 0.668. The molecule has 14 rings (SSSR count). The molecule has 2 aliphatic rings. The summed E-state index contributed by atoms with van der Waals surface area (Å²) in [6.45, 7) is 0. The third-order valence-electron chi connectivity index (χ3n) is 13.4. The van der Waals surface area contributed by atoms with Crippen molar-refractivity contribution >= 4 is 43.9 Å². The van der Waals surface area contributed by atoms with E-state index >= 15 is 0 Å². The number of hydrogen-bond donors (Lipinski definition) is 0. The van der Waals surface area contributed by atoms with Gasteiger partial charge >= 0.3 is 0 Å². The van der Waals surface area contributed by atoms with E-state index in [-0.39, 0.29) is 5.41 Å². The van der Waals surface area contributed by atoms with E-state index in [0.717, 1.165) is 71.7 Å². The molecule has 12 aromatic rings. The Kier molecular flexibility index (Phi) is 6.97. The molecule has 3 heterocycles. The Balaban J connectivity index is 0.939. The van der Waals surface area contributed by atoms with Gasteiger partial charge in [0.25, 0.3) is 0 Å². The molecule has 292 valence electrons. The van der Waals surface area contributed by atoms with Crippen molar-refractivity contribution in [2.75, 3.05) is 0 Å². The van der Waals surface area contributed by atoms with E-state index in [2.05, 4.69) is 133 Å². The van der Waals surface area contributed by atoms with E-state index in [1.165, 1.54) is 44.5 Å². The fraction of sp³-hybridized carbons (Fsp3) is 0.0172. The summed E-state index contributed by atoms with van der Waals surface area (Å²) < 4.78 is 12.9. The maximum absolute atomic E-state index is 6.58. The van der Waals surface area contributed by atoms with Crippen LogP contribution in [0.5, 0.6) is 0 Å². The van der Waals surface area contributed by atoms with Gasteiger partial charge in [-0.15, -0.1) is 0 Å². The third kappa shape index (κ3) is 4.79. The lowest BCUT2D eigenvalue weighted by Gasteiger charge is -2.30. The second-order valence-electron chi connectivity index (χ2n) is 16.6. The average Bonchev–Trinajstić information content (AvgIpc) is 4.09. The SMILES string of the molecule is c1ccc(-c2nc(-c3ccc4c(c3)oc3ccccc34)nc(-c3cccc4oc5ccc(-c6ccc7c(c6)-c6ccccc6C76c7ccccc7-c7ccccc76)cc5c34)n2)cc1. The average molecular weight is 804 g/mol. The third-order valence-corrected chi connectivity index (χ3v) is 13.4. The minimum absolute atomic E-state index is 0.378. The lowest BCUT2D eigenvalue weighted by Crippen LogP contribution is -2.25. The Bertz CT molecular complexity index is 3830. The summed E-state index contributed by atoms with van der Waals surface area (Å²) in [5, 5.41) is 4.10. The van der Waals surface area contributed by atoms with Crippen LogP contribution in [0.25, 0.3) is 111 Å². The van der Waals surface area contributed by atoms with Crippen LogP contribution in [0.2, 0.25) is 0 Å². The highest BCUT2D eigenvalue weighted by Crippen LogP contribution is 2.63. The summed E-state index contributed by atoms with van der Waals surface area (Å²) in [4.78, 5) is 15.4. The molecule has 2 aliphatic carbocycles. The molecule has 0 aliphatic heterocycles. The Morgan fingerprint density at radius 3 is 1.59 bits per heavy atom. The summed E-state index contributed by atoms with van der Waals surface area (Å²) in [5.41, 5.74) is 18.2. The summed E-state index contributed by atoms with van der Waals surface area (Å²) >= 11 is 0. The largest absolute Gasteiger partial charge is 0.456 e. The van der Waals surface area contributed by atoms with E-state index < -0.39 is 0 Å². The van der Waals surface area contributed by atoms with Crippen molar-refractivity contribution in [2.45, 2.75) is 5.41 Å². The molecule has 0 radical (unpaired) electrons. The zero-order valence-corrected chi connectivity index (χ0v) is 33.7. The van der Waals surface area contributed by atoms with E-state index in [9.17, 15) is 0 Å². The van der Waals surface area contributed by atoms with Crippen molar-refractivity contribution in [1.82, 2.24) is 15.0 Å². The van der Waals surface area contributed by atoms with Crippen molar-refractivity contribution in [2.24, 2.45) is 0 Å². The Morgan fingerprint density at radius 1 is 0.286 bits per heavy atom. The van der Waals surface area contributed by atoms with Crippen LogP contribution < -0.4 is 0 Å². The number of fused-ring (bicyclic) bond motifs is 16. The Morgan fingerprint density at radius 2 is 0.810 bits per heavy atom. The van der Waals surface area contributed by atoms with Crippen LogP contribution in [0, 0.1) is 0 Å². The summed E-state index contributed by atoms with van der Waals surface area (Å²) in [6, 6.07) is 70.9. The predicted molar refractivity (Wildman–Crippen MR) is 252 cm³/mol. The number of aromatic nitrogens is 3. The molecule has 0 N–H and O–H groups in total. The van der Waals surface area contributed by atoms with E-state index in [1.54, 1.807) is 0 Å². The fourth-order valence-corrected chi connectivity index (χ4v) is 10.7. The fourth-order valence-electron chi connectivity index (χ4n) is 10.7. The molecular formula is C58H33N3O2. The van der Waals surface area contributed by atoms with Crippen LogP contribution in [-0.2, 0) is 5.41 Å². The first-order chi connectivity index (χ1) is 31.2. The molecule has 5 nitrogen and oxygen atoms in total. The highest BCUT2D eigenvalue weighted by atomic mass is 16.3. The molecule has 0 amide bonds. The molecule has 0 fully saturated rings. The quantitative estimate of drug-likeness (QED) is 0.177. The second kappa shape index (κ2) is 12.8. The summed E-state index contributed by atoms with van der Waals surface area (Å²) in [7, 11) is 0. The van der Waals surface area contributed by atoms with Crippen LogP contribution >= 0.6 is 0 Å². The first-order valence-electron chi connectivity index (χ1n) is 21.3. The van der Waals surface area contributed by atoms with Gasteiger partial charge in [0.05, 0.1) is 5.41 Å². The second-order valence-corrected chi connectivity index (χ2v) is 16.6. The topological polar surface area (TPSA) is 65.0 Å². The van der Waals surface area contributed by atoms with Gasteiger partial charge in [0, 0.05) is 38.2 Å². The number of benzene rings is 9. The lowest BCUT2D eigenvalue weighted by atomic mass is 9.70. The van der Waals surface area contributed by atoms with Gasteiger partial charge in [-0.25, -0.2) is 15.0 Å². The van der Waals surface area contributed by atoms with E-state index in [1.807, 2.05) is 66.7 Å². The smallest absolute Gasteiger partial charge is 0.164 e. The van der Waals surface area contributed by atoms with Crippen molar-refractivity contribution in [3.8, 4) is 67.5 Å². The van der Waals surface area contributed by atoms with Crippen LogP contribution in [0.3, 0.4) is 0 Å². The first kappa shape index (κ1) is 34.3. The zero-order chi connectivity index (χ0) is 41.2. The van der Waals surface area contributed by atoms with Gasteiger partial charge < -0.3 is 8.83 Å². The standard InChI is InChI=1S/C58H33N3O2/c1-2-13-34(14-3-1)55-59-56(37-25-28-42-41-18-7-11-23-50(41)63-53(42)33-37)61-57(60-55)43-19-12-24-52-54(43)45-32-36(27-30-51(45)62-52)35-26-29-49-44(31-35)40-17-6-10-22-48(40)58(49)46-20-8-4-15-38(46)39-16-5-9-21-47(39)58/h1-33H. The predicted octanol–water partition coefficient (Wildman–Crippen LogP) is 14.7. The molecule has 0 saturated carbocycles. The molecule has 5 heteroatoms. The maximum Gasteiger partial charge on any atom is 0.164 e. The number of furan rings is 2. The normalized spacial score (nSPS) is 13.2. The van der Waals surface area contributed by atoms with E-state index in [4.69, 9.17) is 23.8 Å². The van der Waals surface area contributed by atoms with Crippen molar-refractivity contribution < 1.29 is 8.83 Å². The van der Waals surface area contributed by atoms with Gasteiger partial charge in [-0.1, -0.05) is 158 Å². The number of nitrogens with zero attached hydrogens (tertiary/aromatic N) is 3. The molecular weight excluding hydrogens is 771 g/mol. The highest BCUT2D eigenvalue weighted by Gasteiger charge is 2.51. The van der Waals surface area contributed by atoms with Gasteiger partial charge in [-0.3, -0.25) is 0 Å². The molecule has 0 unspecified atom stereocenters. The van der Waals surface area contributed by atoms with Crippen LogP contribution in [0.4, 0.5) is 0 Å². The van der Waals surface area contributed by atoms with Crippen molar-refractivity contribution in [1.29, 1.82) is 0 Å². The minimum Gasteiger partial charge on any atom is -0.456 e. The highest BCUT2D eigenvalue weighted by molar-refractivity contribution is 6.13. The van der Waals surface area contributed by atoms with Crippen molar-refractivity contribution in [3.05, 3.63) is 222 Å². The van der Waals surface area contributed by atoms with Crippen LogP contribution in [-0.4, -0.2) is 15.0 Å². The molecule has 0 saturated heterocycles. The molecule has 3 aromatic heterocycles. The molecule has 0 bridgehead atoms. The molecule has 0 atom stereocenters. The number of rotatable bonds is 4. The monoisotopic (exact) mass is 803 g/mol. The van der Waals surface area contributed by atoms with Gasteiger partial charge in [0.1, 0.15) is 22.3 Å². The van der Waals surface area contributed by atoms with Crippen LogP contribution in [0.15, 0.2) is 209 Å². The van der Waals surface area contributed by atoms with Gasteiger partial charge in [-0.05, 0) is 98.1 Å². The molecule has 63 heavy (non-hydrogen) atoms. The van der Waals surface area contributed by atoms with Crippen molar-refractivity contribution in [3.63, 3.8) is 0 Å². The Hall–Kier alpha value is -8.41. The zero-order valence-electron chi connectivity index (χ0n) is 33.7. The number of hydrogen-bond acceptors (Lipinski definition) is 5. The van der Waals surface area contributed by atoms with Gasteiger partial charge in [0.2, 0.25) is 0 Å². The minimum atomic E-state index is -0.378. The van der Waals surface area contributed by atoms with Gasteiger partial charge in [-0.2, -0.15) is 0 Å². The maximum atomic E-state index is 6.58. The summed E-state index contributed by atoms with van der Waals surface area (Å²) in [5.74, 6) is 1.73. The summed E-state index contributed by atoms with van der Waals surface area (Å²) in [6.07, 6.45) is 0. The van der Waals surface area contributed by atoms with Gasteiger partial charge in [0.15, 0.2) is 17.5 Å². The van der Waals surface area contributed by atoms with E-state index in [0.29, 0.717) is 17.5 Å². The number of para-hydroxylation sites is 1. The van der Waals surface area contributed by atoms with Crippen LogP contribution in [0.1, 0.15) is 22.3 Å². The first-order valence-corrected chi connectivity index (χ1v) is 21.3.